The van der Waals surface area contributed by atoms with Gasteiger partial charge in [-0.2, -0.15) is 0 Å². The lowest BCUT2D eigenvalue weighted by Crippen LogP contribution is -2.04. The minimum absolute atomic E-state index is 0.577. The number of hydrogen-bond acceptors (Lipinski definition) is 3. The summed E-state index contributed by atoms with van der Waals surface area (Å²) in [5.41, 5.74) is 0.683. The van der Waals surface area contributed by atoms with Gasteiger partial charge in [0.25, 0.3) is 0 Å². The molecule has 0 spiro atoms. The number of aliphatic hydroxyl groups excluding tert-OH is 1. The third-order valence-electron chi connectivity index (χ3n) is 2.17. The molecule has 16 heavy (non-hydrogen) atoms. The maximum atomic E-state index is 10.1. The third kappa shape index (κ3) is 2.71. The summed E-state index contributed by atoms with van der Waals surface area (Å²) in [6.07, 6.45) is 1.69. The van der Waals surface area contributed by atoms with E-state index in [1.165, 1.54) is 0 Å². The molecule has 1 unspecified atom stereocenters. The van der Waals surface area contributed by atoms with Crippen LogP contribution in [0.2, 0.25) is 0 Å². The largest absolute Gasteiger partial charge is 0.386 e. The molecule has 1 atom stereocenters. The van der Waals surface area contributed by atoms with Crippen molar-refractivity contribution in [3.63, 3.8) is 0 Å². The Hall–Kier alpha value is -0.230. The molecule has 0 saturated heterocycles. The molecule has 0 fully saturated rings. The molecule has 2 nitrogen and oxygen atoms in total. The third-order valence-corrected chi connectivity index (χ3v) is 4.79. The predicted molar refractivity (Wildman–Crippen MR) is 72.6 cm³/mol. The number of nitrogens with zero attached hydrogens (tertiary/aromatic N) is 1. The number of thiophene rings is 1. The number of hydrogen-bond donors (Lipinski definition) is 1. The Kier molecular flexibility index (Phi) is 4.13. The molecule has 2 aromatic rings. The van der Waals surface area contributed by atoms with Gasteiger partial charge in [0.05, 0.1) is 5.69 Å². The highest BCUT2D eigenvalue weighted by Gasteiger charge is 2.15. The Morgan fingerprint density at radius 2 is 2.12 bits per heavy atom. The molecule has 0 aliphatic rings. The van der Waals surface area contributed by atoms with Crippen LogP contribution >= 0.6 is 43.2 Å². The molecule has 0 radical (unpaired) electrons. The molecule has 1 N–H and O–H groups in total. The second kappa shape index (κ2) is 5.40. The van der Waals surface area contributed by atoms with E-state index in [0.29, 0.717) is 12.1 Å². The van der Waals surface area contributed by atoms with Crippen LogP contribution in [-0.4, -0.2) is 10.1 Å². The second-order valence-electron chi connectivity index (χ2n) is 3.28. The van der Waals surface area contributed by atoms with Crippen LogP contribution in [0.3, 0.4) is 0 Å². The molecule has 84 valence electrons. The molecule has 0 bridgehead atoms. The molecular weight excluding hydrogens is 354 g/mol. The van der Waals surface area contributed by atoms with Gasteiger partial charge in [0, 0.05) is 26.4 Å². The van der Waals surface area contributed by atoms with Gasteiger partial charge in [-0.15, -0.1) is 11.3 Å². The fraction of sp³-hybridized carbons (Fsp3) is 0.182. The SMILES string of the molecule is OC(Cc1sccc1Br)c1ncccc1Br. The van der Waals surface area contributed by atoms with Crippen molar-refractivity contribution < 1.29 is 5.11 Å². The summed E-state index contributed by atoms with van der Waals surface area (Å²) in [6.45, 7) is 0. The van der Waals surface area contributed by atoms with Gasteiger partial charge in [0.1, 0.15) is 6.10 Å². The number of rotatable bonds is 3. The van der Waals surface area contributed by atoms with E-state index >= 15 is 0 Å². The van der Waals surface area contributed by atoms with Crippen LogP contribution in [0.5, 0.6) is 0 Å². The van der Waals surface area contributed by atoms with Crippen molar-refractivity contribution in [3.8, 4) is 0 Å². The predicted octanol–water partition coefficient (Wildman–Crippen LogP) is 3.94. The first-order valence-corrected chi connectivity index (χ1v) is 7.15. The average molecular weight is 363 g/mol. The summed E-state index contributed by atoms with van der Waals surface area (Å²) in [5, 5.41) is 12.1. The summed E-state index contributed by atoms with van der Waals surface area (Å²) < 4.78 is 1.89. The molecule has 2 rings (SSSR count). The topological polar surface area (TPSA) is 33.1 Å². The zero-order valence-electron chi connectivity index (χ0n) is 8.23. The highest BCUT2D eigenvalue weighted by molar-refractivity contribution is 9.10. The van der Waals surface area contributed by atoms with Crippen LogP contribution in [0.1, 0.15) is 16.7 Å². The van der Waals surface area contributed by atoms with Gasteiger partial charge in [-0.25, -0.2) is 0 Å². The second-order valence-corrected chi connectivity index (χ2v) is 5.99. The standard InChI is InChI=1S/C11H9Br2NOS/c12-7-3-5-16-10(7)6-9(15)11-8(13)2-1-4-14-11/h1-5,9,15H,6H2. The average Bonchev–Trinajstić information content (AvgIpc) is 2.65. The van der Waals surface area contributed by atoms with Gasteiger partial charge in [0.2, 0.25) is 0 Å². The van der Waals surface area contributed by atoms with E-state index in [4.69, 9.17) is 0 Å². The highest BCUT2D eigenvalue weighted by atomic mass is 79.9. The number of aromatic nitrogens is 1. The highest BCUT2D eigenvalue weighted by Crippen LogP contribution is 2.29. The normalized spacial score (nSPS) is 12.7. The summed E-state index contributed by atoms with van der Waals surface area (Å²) in [5.74, 6) is 0. The molecule has 0 amide bonds. The Morgan fingerprint density at radius 1 is 1.31 bits per heavy atom. The summed E-state index contributed by atoms with van der Waals surface area (Å²) in [4.78, 5) is 5.31. The summed E-state index contributed by atoms with van der Waals surface area (Å²) in [7, 11) is 0. The first-order valence-electron chi connectivity index (χ1n) is 4.69. The zero-order valence-corrected chi connectivity index (χ0v) is 12.2. The Balaban J connectivity index is 2.18. The number of aliphatic hydroxyl groups is 1. The summed E-state index contributed by atoms with van der Waals surface area (Å²) in [6, 6.07) is 5.70. The minimum Gasteiger partial charge on any atom is -0.386 e. The van der Waals surface area contributed by atoms with Gasteiger partial charge >= 0.3 is 0 Å². The molecule has 2 heterocycles. The first-order chi connectivity index (χ1) is 7.68. The van der Waals surface area contributed by atoms with Crippen LogP contribution in [-0.2, 0) is 6.42 Å². The molecule has 0 aliphatic carbocycles. The maximum absolute atomic E-state index is 10.1. The van der Waals surface area contributed by atoms with E-state index in [0.717, 1.165) is 13.8 Å². The van der Waals surface area contributed by atoms with Crippen molar-refractivity contribution in [1.29, 1.82) is 0 Å². The Bertz CT molecular complexity index is 486. The molecule has 0 saturated carbocycles. The lowest BCUT2D eigenvalue weighted by Gasteiger charge is -2.10. The van der Waals surface area contributed by atoms with Gasteiger partial charge in [-0.1, -0.05) is 0 Å². The van der Waals surface area contributed by atoms with E-state index < -0.39 is 6.10 Å². The minimum atomic E-state index is -0.578. The maximum Gasteiger partial charge on any atom is 0.102 e. The van der Waals surface area contributed by atoms with Crippen molar-refractivity contribution in [2.45, 2.75) is 12.5 Å². The van der Waals surface area contributed by atoms with Crippen LogP contribution < -0.4 is 0 Å². The van der Waals surface area contributed by atoms with Crippen molar-refractivity contribution in [3.05, 3.63) is 49.3 Å². The van der Waals surface area contributed by atoms with Crippen molar-refractivity contribution in [2.24, 2.45) is 0 Å². The fourth-order valence-electron chi connectivity index (χ4n) is 1.39. The van der Waals surface area contributed by atoms with Gasteiger partial charge in [-0.3, -0.25) is 4.98 Å². The Labute approximate surface area is 115 Å². The van der Waals surface area contributed by atoms with E-state index in [1.807, 2.05) is 23.6 Å². The van der Waals surface area contributed by atoms with Crippen molar-refractivity contribution in [1.82, 2.24) is 4.98 Å². The van der Waals surface area contributed by atoms with Crippen molar-refractivity contribution >= 4 is 43.2 Å². The number of pyridine rings is 1. The van der Waals surface area contributed by atoms with E-state index in [-0.39, 0.29) is 0 Å². The monoisotopic (exact) mass is 361 g/mol. The molecule has 0 aliphatic heterocycles. The van der Waals surface area contributed by atoms with E-state index in [9.17, 15) is 5.11 Å². The first kappa shape index (κ1) is 12.2. The Morgan fingerprint density at radius 3 is 2.75 bits per heavy atom. The zero-order chi connectivity index (χ0) is 11.5. The van der Waals surface area contributed by atoms with Gasteiger partial charge in [-0.05, 0) is 55.4 Å². The molecule has 5 heteroatoms. The van der Waals surface area contributed by atoms with Crippen LogP contribution in [0, 0.1) is 0 Å². The van der Waals surface area contributed by atoms with Crippen LogP contribution in [0.4, 0.5) is 0 Å². The van der Waals surface area contributed by atoms with Gasteiger partial charge < -0.3 is 5.11 Å². The quantitative estimate of drug-likeness (QED) is 0.896. The fourth-order valence-corrected chi connectivity index (χ4v) is 3.46. The molecule has 0 aromatic carbocycles. The van der Waals surface area contributed by atoms with Crippen LogP contribution in [0.25, 0.3) is 0 Å². The smallest absolute Gasteiger partial charge is 0.102 e. The molecular formula is C11H9Br2NOS. The van der Waals surface area contributed by atoms with Crippen molar-refractivity contribution in [2.75, 3.05) is 0 Å². The van der Waals surface area contributed by atoms with E-state index in [1.54, 1.807) is 17.5 Å². The lowest BCUT2D eigenvalue weighted by atomic mass is 10.1. The number of halogens is 2. The lowest BCUT2D eigenvalue weighted by molar-refractivity contribution is 0.173. The van der Waals surface area contributed by atoms with E-state index in [2.05, 4.69) is 36.8 Å². The summed E-state index contributed by atoms with van der Waals surface area (Å²) >= 11 is 8.47. The van der Waals surface area contributed by atoms with Crippen LogP contribution in [0.15, 0.2) is 38.7 Å². The molecule has 2 aromatic heterocycles. The van der Waals surface area contributed by atoms with Gasteiger partial charge in [0.15, 0.2) is 0 Å².